The summed E-state index contributed by atoms with van der Waals surface area (Å²) in [6.45, 7) is 6.14. The average Bonchev–Trinajstić information content (AvgIpc) is 2.01. The van der Waals surface area contributed by atoms with Crippen LogP contribution in [0.2, 0.25) is 0 Å². The van der Waals surface area contributed by atoms with Crippen molar-refractivity contribution in [3.8, 4) is 0 Å². The molecule has 1 rings (SSSR count). The number of ketones is 1. The van der Waals surface area contributed by atoms with Gasteiger partial charge in [0.25, 0.3) is 0 Å². The highest BCUT2D eigenvalue weighted by Crippen LogP contribution is 2.25. The molecular weight excluding hydrogens is 148 g/mol. The molecule has 0 spiro atoms. The van der Waals surface area contributed by atoms with Gasteiger partial charge in [-0.3, -0.25) is 4.79 Å². The second-order valence-electron chi connectivity index (χ2n) is 3.47. The van der Waals surface area contributed by atoms with E-state index in [0.717, 1.165) is 18.4 Å². The van der Waals surface area contributed by atoms with Gasteiger partial charge in [-0.2, -0.15) is 0 Å². The normalized spacial score (nSPS) is 27.6. The van der Waals surface area contributed by atoms with Crippen molar-refractivity contribution >= 4 is 5.78 Å². The summed E-state index contributed by atoms with van der Waals surface area (Å²) >= 11 is 0. The van der Waals surface area contributed by atoms with Crippen LogP contribution < -0.4 is 0 Å². The minimum Gasteiger partial charge on any atom is -0.295 e. The van der Waals surface area contributed by atoms with Crippen LogP contribution in [0.4, 0.5) is 0 Å². The summed E-state index contributed by atoms with van der Waals surface area (Å²) in [4.78, 5) is 11.3. The lowest BCUT2D eigenvalue weighted by Crippen LogP contribution is -2.15. The van der Waals surface area contributed by atoms with Crippen LogP contribution in [-0.4, -0.2) is 5.78 Å². The monoisotopic (exact) mass is 164 g/mol. The van der Waals surface area contributed by atoms with Crippen molar-refractivity contribution in [3.63, 3.8) is 0 Å². The van der Waals surface area contributed by atoms with Crippen LogP contribution in [0, 0.1) is 5.92 Å². The van der Waals surface area contributed by atoms with E-state index in [1.54, 1.807) is 6.08 Å². The molecule has 0 N–H and O–H groups in total. The summed E-state index contributed by atoms with van der Waals surface area (Å²) in [6, 6.07) is 0. The van der Waals surface area contributed by atoms with Gasteiger partial charge in [0.15, 0.2) is 5.78 Å². The topological polar surface area (TPSA) is 17.1 Å². The Morgan fingerprint density at radius 2 is 2.33 bits per heavy atom. The number of allylic oxidation sites excluding steroid dienone is 4. The van der Waals surface area contributed by atoms with Crippen molar-refractivity contribution in [1.82, 2.24) is 0 Å². The zero-order valence-corrected chi connectivity index (χ0v) is 8.05. The Balaban J connectivity index is 2.88. The second-order valence-corrected chi connectivity index (χ2v) is 3.47. The van der Waals surface area contributed by atoms with Gasteiger partial charge >= 0.3 is 0 Å². The fourth-order valence-electron chi connectivity index (χ4n) is 1.53. The van der Waals surface area contributed by atoms with E-state index in [1.165, 1.54) is 5.57 Å². The Morgan fingerprint density at radius 3 is 2.92 bits per heavy atom. The molecule has 0 aliphatic heterocycles. The van der Waals surface area contributed by atoms with Gasteiger partial charge < -0.3 is 0 Å². The molecule has 0 saturated carbocycles. The van der Waals surface area contributed by atoms with Gasteiger partial charge in [0.05, 0.1) is 0 Å². The van der Waals surface area contributed by atoms with E-state index in [4.69, 9.17) is 0 Å². The molecule has 1 aliphatic rings. The minimum atomic E-state index is 0.187. The summed E-state index contributed by atoms with van der Waals surface area (Å²) in [5.41, 5.74) is 2.50. The number of carbonyl (C=O) groups excluding carboxylic acids is 1. The first-order chi connectivity index (χ1) is 5.65. The molecule has 0 aromatic carbocycles. The molecule has 0 bridgehead atoms. The maximum absolute atomic E-state index is 11.3. The van der Waals surface area contributed by atoms with E-state index in [1.807, 2.05) is 13.8 Å². The molecule has 1 heteroatoms. The summed E-state index contributed by atoms with van der Waals surface area (Å²) in [7, 11) is 0. The van der Waals surface area contributed by atoms with E-state index < -0.39 is 0 Å². The highest BCUT2D eigenvalue weighted by atomic mass is 16.1. The number of hydrogen-bond acceptors (Lipinski definition) is 1. The minimum absolute atomic E-state index is 0.187. The first-order valence-electron chi connectivity index (χ1n) is 4.56. The third kappa shape index (κ3) is 1.84. The largest absolute Gasteiger partial charge is 0.295 e. The summed E-state index contributed by atoms with van der Waals surface area (Å²) in [5, 5.41) is 0. The van der Waals surface area contributed by atoms with Crippen molar-refractivity contribution in [1.29, 1.82) is 0 Å². The first kappa shape index (κ1) is 9.24. The maximum Gasteiger partial charge on any atom is 0.159 e. The third-order valence-corrected chi connectivity index (χ3v) is 2.33. The molecule has 0 heterocycles. The van der Waals surface area contributed by atoms with Gasteiger partial charge in [-0.1, -0.05) is 19.9 Å². The lowest BCUT2D eigenvalue weighted by atomic mass is 9.86. The molecule has 12 heavy (non-hydrogen) atoms. The molecule has 1 unspecified atom stereocenters. The highest BCUT2D eigenvalue weighted by molar-refractivity contribution is 5.94. The lowest BCUT2D eigenvalue weighted by Gasteiger charge is -2.18. The smallest absolute Gasteiger partial charge is 0.159 e. The molecule has 0 radical (unpaired) electrons. The molecule has 0 aromatic rings. The van der Waals surface area contributed by atoms with Crippen LogP contribution in [0.5, 0.6) is 0 Å². The van der Waals surface area contributed by atoms with E-state index in [9.17, 15) is 4.79 Å². The molecule has 0 saturated heterocycles. The van der Waals surface area contributed by atoms with Gasteiger partial charge in [0, 0.05) is 5.92 Å². The number of carbonyl (C=O) groups is 1. The van der Waals surface area contributed by atoms with Gasteiger partial charge in [0.1, 0.15) is 0 Å². The standard InChI is InChI=1S/C11H16O/c1-4-5-10-6-9(3)11(12)7-8(10)2/h5,7,9H,4,6H2,1-3H3/b10-5+. The van der Waals surface area contributed by atoms with Crippen LogP contribution in [0.15, 0.2) is 23.3 Å². The predicted molar refractivity (Wildman–Crippen MR) is 50.9 cm³/mol. The zero-order chi connectivity index (χ0) is 9.14. The Morgan fingerprint density at radius 1 is 1.67 bits per heavy atom. The number of rotatable bonds is 1. The molecule has 0 aromatic heterocycles. The fourth-order valence-corrected chi connectivity index (χ4v) is 1.53. The van der Waals surface area contributed by atoms with E-state index >= 15 is 0 Å². The predicted octanol–water partition coefficient (Wildman–Crippen LogP) is 2.88. The molecule has 1 aliphatic carbocycles. The van der Waals surface area contributed by atoms with Crippen LogP contribution in [0.25, 0.3) is 0 Å². The van der Waals surface area contributed by atoms with Crippen molar-refractivity contribution < 1.29 is 4.79 Å². The van der Waals surface area contributed by atoms with Crippen molar-refractivity contribution in [3.05, 3.63) is 23.3 Å². The zero-order valence-electron chi connectivity index (χ0n) is 8.05. The summed E-state index contributed by atoms with van der Waals surface area (Å²) in [6.07, 6.45) is 5.97. The average molecular weight is 164 g/mol. The first-order valence-corrected chi connectivity index (χ1v) is 4.56. The Bertz CT molecular complexity index is 246. The van der Waals surface area contributed by atoms with Crippen molar-refractivity contribution in [2.24, 2.45) is 5.92 Å². The van der Waals surface area contributed by atoms with Gasteiger partial charge in [0.2, 0.25) is 0 Å². The fraction of sp³-hybridized carbons (Fsp3) is 0.545. The quantitative estimate of drug-likeness (QED) is 0.582. The number of hydrogen-bond donors (Lipinski definition) is 0. The molecule has 66 valence electrons. The third-order valence-electron chi connectivity index (χ3n) is 2.33. The highest BCUT2D eigenvalue weighted by Gasteiger charge is 2.18. The Labute approximate surface area is 74.2 Å². The van der Waals surface area contributed by atoms with Crippen LogP contribution in [0.1, 0.15) is 33.6 Å². The second kappa shape index (κ2) is 3.70. The summed E-state index contributed by atoms with van der Waals surface area (Å²) in [5.74, 6) is 0.465. The maximum atomic E-state index is 11.3. The molecular formula is C11H16O. The van der Waals surface area contributed by atoms with Crippen molar-refractivity contribution in [2.75, 3.05) is 0 Å². The van der Waals surface area contributed by atoms with E-state index in [0.29, 0.717) is 0 Å². The van der Waals surface area contributed by atoms with Crippen LogP contribution in [0.3, 0.4) is 0 Å². The van der Waals surface area contributed by atoms with Crippen molar-refractivity contribution in [2.45, 2.75) is 33.6 Å². The summed E-state index contributed by atoms with van der Waals surface area (Å²) < 4.78 is 0. The van der Waals surface area contributed by atoms with Crippen LogP contribution >= 0.6 is 0 Å². The Kier molecular flexibility index (Phi) is 2.85. The van der Waals surface area contributed by atoms with Crippen LogP contribution in [-0.2, 0) is 4.79 Å². The molecule has 0 fully saturated rings. The van der Waals surface area contributed by atoms with E-state index in [-0.39, 0.29) is 11.7 Å². The van der Waals surface area contributed by atoms with E-state index in [2.05, 4.69) is 13.0 Å². The van der Waals surface area contributed by atoms with Gasteiger partial charge in [-0.05, 0) is 37.0 Å². The molecule has 0 amide bonds. The lowest BCUT2D eigenvalue weighted by molar-refractivity contribution is -0.118. The van der Waals surface area contributed by atoms with Gasteiger partial charge in [-0.25, -0.2) is 0 Å². The Hall–Kier alpha value is -0.850. The molecule has 1 atom stereocenters. The van der Waals surface area contributed by atoms with Gasteiger partial charge in [-0.15, -0.1) is 0 Å². The molecule has 1 nitrogen and oxygen atoms in total. The SMILES string of the molecule is CC/C=C1\CC(C)C(=O)C=C1C.